The van der Waals surface area contributed by atoms with E-state index in [-0.39, 0.29) is 10.8 Å². The van der Waals surface area contributed by atoms with Gasteiger partial charge < -0.3 is 19.9 Å². The van der Waals surface area contributed by atoms with Crippen LogP contribution in [0.3, 0.4) is 0 Å². The van der Waals surface area contributed by atoms with Gasteiger partial charge in [0.2, 0.25) is 15.9 Å². The average Bonchev–Trinajstić information content (AvgIpc) is 3.36. The van der Waals surface area contributed by atoms with Crippen molar-refractivity contribution in [2.75, 3.05) is 88.9 Å². The van der Waals surface area contributed by atoms with Crippen LogP contribution in [0.2, 0.25) is 0 Å². The number of ether oxygens (including phenoxy) is 1. The summed E-state index contributed by atoms with van der Waals surface area (Å²) in [6.45, 7) is 10.6. The minimum absolute atomic E-state index is 0.0969. The van der Waals surface area contributed by atoms with Crippen LogP contribution in [0, 0.1) is 0 Å². The molecule has 1 N–H and O–H groups in total. The monoisotopic (exact) mass is 479 g/mol. The number of amides is 1. The zero-order valence-corrected chi connectivity index (χ0v) is 20.5. The number of nitrogens with zero attached hydrogens (tertiary/aromatic N) is 4. The number of carbonyl (C=O) groups is 1. The number of nitrogens with one attached hydrogen (secondary N) is 1. The summed E-state index contributed by atoms with van der Waals surface area (Å²) >= 11 is 0. The van der Waals surface area contributed by atoms with Crippen molar-refractivity contribution in [1.29, 1.82) is 0 Å². The Hall–Kier alpha value is -1.72. The van der Waals surface area contributed by atoms with Crippen LogP contribution >= 0.6 is 0 Å². The molecule has 0 atom stereocenters. The lowest BCUT2D eigenvalue weighted by Gasteiger charge is -2.34. The van der Waals surface area contributed by atoms with E-state index >= 15 is 0 Å². The van der Waals surface area contributed by atoms with Crippen molar-refractivity contribution in [2.45, 2.75) is 31.1 Å². The molecule has 0 spiro atoms. The van der Waals surface area contributed by atoms with E-state index in [1.165, 1.54) is 4.31 Å². The van der Waals surface area contributed by atoms with Gasteiger partial charge in [-0.05, 0) is 44.0 Å². The Morgan fingerprint density at radius 1 is 0.970 bits per heavy atom. The predicted molar refractivity (Wildman–Crippen MR) is 129 cm³/mol. The highest BCUT2D eigenvalue weighted by atomic mass is 32.2. The highest BCUT2D eigenvalue weighted by Crippen LogP contribution is 2.32. The lowest BCUT2D eigenvalue weighted by molar-refractivity contribution is -0.117. The van der Waals surface area contributed by atoms with Gasteiger partial charge in [-0.25, -0.2) is 8.42 Å². The standard InChI is InChI=1S/C23H37N5O4S/c1-2-7-25-10-12-26(13-11-25)19-23(29)24-21-18-20(5-6-22(21)27-8-3-4-9-27)33(30,31)28-14-16-32-17-15-28/h5-6,18H,2-4,7-17,19H2,1H3,(H,24,29). The van der Waals surface area contributed by atoms with Crippen molar-refractivity contribution < 1.29 is 17.9 Å². The summed E-state index contributed by atoms with van der Waals surface area (Å²) in [5.41, 5.74) is 1.48. The normalized spacial score (nSPS) is 21.4. The van der Waals surface area contributed by atoms with Crippen LogP contribution in [-0.4, -0.2) is 107 Å². The molecule has 3 aliphatic heterocycles. The molecule has 1 aromatic carbocycles. The third-order valence-corrected chi connectivity index (χ3v) is 8.56. The van der Waals surface area contributed by atoms with E-state index in [1.54, 1.807) is 12.1 Å². The molecular formula is C23H37N5O4S. The first kappa shape index (κ1) is 24.4. The van der Waals surface area contributed by atoms with Crippen LogP contribution in [0.5, 0.6) is 0 Å². The zero-order valence-electron chi connectivity index (χ0n) is 19.7. The fourth-order valence-corrected chi connectivity index (χ4v) is 6.26. The number of sulfonamides is 1. The zero-order chi connectivity index (χ0) is 23.3. The summed E-state index contributed by atoms with van der Waals surface area (Å²) in [6, 6.07) is 5.15. The van der Waals surface area contributed by atoms with Gasteiger partial charge in [0.1, 0.15) is 0 Å². The van der Waals surface area contributed by atoms with Gasteiger partial charge in [-0.3, -0.25) is 9.69 Å². The fourth-order valence-electron chi connectivity index (χ4n) is 4.83. The van der Waals surface area contributed by atoms with Gasteiger partial charge in [0.25, 0.3) is 0 Å². The van der Waals surface area contributed by atoms with E-state index in [4.69, 9.17) is 4.74 Å². The van der Waals surface area contributed by atoms with Crippen LogP contribution in [0.25, 0.3) is 0 Å². The van der Waals surface area contributed by atoms with Gasteiger partial charge in [0.05, 0.1) is 36.0 Å². The molecule has 3 saturated heterocycles. The van der Waals surface area contributed by atoms with Crippen molar-refractivity contribution in [3.8, 4) is 0 Å². The minimum atomic E-state index is -3.63. The molecule has 0 aromatic heterocycles. The predicted octanol–water partition coefficient (Wildman–Crippen LogP) is 1.27. The highest BCUT2D eigenvalue weighted by molar-refractivity contribution is 7.89. The van der Waals surface area contributed by atoms with E-state index in [1.807, 2.05) is 6.07 Å². The van der Waals surface area contributed by atoms with Gasteiger partial charge in [-0.2, -0.15) is 4.31 Å². The first-order valence-electron chi connectivity index (χ1n) is 12.2. The molecule has 3 fully saturated rings. The quantitative estimate of drug-likeness (QED) is 0.601. The van der Waals surface area contributed by atoms with Crippen LogP contribution in [0.4, 0.5) is 11.4 Å². The molecule has 10 heteroatoms. The Kier molecular flexibility index (Phi) is 8.24. The second-order valence-electron chi connectivity index (χ2n) is 9.06. The molecule has 4 rings (SSSR count). The Labute approximate surface area is 197 Å². The average molecular weight is 480 g/mol. The van der Waals surface area contributed by atoms with Crippen molar-refractivity contribution in [3.63, 3.8) is 0 Å². The Morgan fingerprint density at radius 2 is 1.64 bits per heavy atom. The number of carbonyl (C=O) groups excluding carboxylic acids is 1. The molecule has 9 nitrogen and oxygen atoms in total. The van der Waals surface area contributed by atoms with Gasteiger partial charge in [-0.1, -0.05) is 6.92 Å². The summed E-state index contributed by atoms with van der Waals surface area (Å²) in [7, 11) is -3.63. The maximum absolute atomic E-state index is 13.2. The largest absolute Gasteiger partial charge is 0.379 e. The van der Waals surface area contributed by atoms with Crippen LogP contribution in [-0.2, 0) is 19.6 Å². The summed E-state index contributed by atoms with van der Waals surface area (Å²) in [6.07, 6.45) is 3.34. The second-order valence-corrected chi connectivity index (χ2v) is 11.0. The molecule has 1 aromatic rings. The molecule has 0 saturated carbocycles. The smallest absolute Gasteiger partial charge is 0.243 e. The van der Waals surface area contributed by atoms with Crippen LogP contribution in [0.15, 0.2) is 23.1 Å². The van der Waals surface area contributed by atoms with Crippen molar-refractivity contribution >= 4 is 27.3 Å². The van der Waals surface area contributed by atoms with Crippen molar-refractivity contribution in [2.24, 2.45) is 0 Å². The Balaban J connectivity index is 1.48. The van der Waals surface area contributed by atoms with Gasteiger partial charge in [0, 0.05) is 52.4 Å². The number of piperazine rings is 1. The molecule has 33 heavy (non-hydrogen) atoms. The highest BCUT2D eigenvalue weighted by Gasteiger charge is 2.28. The van der Waals surface area contributed by atoms with Gasteiger partial charge >= 0.3 is 0 Å². The first-order chi connectivity index (χ1) is 16.0. The van der Waals surface area contributed by atoms with Gasteiger partial charge in [0.15, 0.2) is 0 Å². The maximum atomic E-state index is 13.2. The lowest BCUT2D eigenvalue weighted by atomic mass is 10.2. The topological polar surface area (TPSA) is 85.4 Å². The van der Waals surface area contributed by atoms with E-state index in [0.717, 1.165) is 70.8 Å². The second kappa shape index (κ2) is 11.1. The summed E-state index contributed by atoms with van der Waals surface area (Å²) in [5, 5.41) is 3.04. The maximum Gasteiger partial charge on any atom is 0.243 e. The third kappa shape index (κ3) is 6.05. The van der Waals surface area contributed by atoms with E-state index in [0.29, 0.717) is 38.5 Å². The molecule has 0 unspecified atom stereocenters. The number of hydrogen-bond donors (Lipinski definition) is 1. The van der Waals surface area contributed by atoms with E-state index in [9.17, 15) is 13.2 Å². The van der Waals surface area contributed by atoms with E-state index in [2.05, 4.69) is 26.9 Å². The molecule has 3 aliphatic rings. The lowest BCUT2D eigenvalue weighted by Crippen LogP contribution is -2.48. The molecule has 0 bridgehead atoms. The third-order valence-electron chi connectivity index (χ3n) is 6.67. The summed E-state index contributed by atoms with van der Waals surface area (Å²) in [5.74, 6) is -0.0969. The molecule has 184 valence electrons. The Bertz CT molecular complexity index is 905. The Morgan fingerprint density at radius 3 is 2.30 bits per heavy atom. The fraction of sp³-hybridized carbons (Fsp3) is 0.696. The van der Waals surface area contributed by atoms with Crippen molar-refractivity contribution in [1.82, 2.24) is 14.1 Å². The summed E-state index contributed by atoms with van der Waals surface area (Å²) < 4.78 is 33.1. The number of hydrogen-bond acceptors (Lipinski definition) is 7. The first-order valence-corrected chi connectivity index (χ1v) is 13.6. The molecule has 0 radical (unpaired) electrons. The molecule has 3 heterocycles. The number of anilines is 2. The van der Waals surface area contributed by atoms with Crippen LogP contribution < -0.4 is 10.2 Å². The number of morpholine rings is 1. The number of rotatable bonds is 8. The summed E-state index contributed by atoms with van der Waals surface area (Å²) in [4.78, 5) is 20.0. The molecule has 1 amide bonds. The van der Waals surface area contributed by atoms with Crippen molar-refractivity contribution in [3.05, 3.63) is 18.2 Å². The van der Waals surface area contributed by atoms with Gasteiger partial charge in [-0.15, -0.1) is 0 Å². The number of benzene rings is 1. The van der Waals surface area contributed by atoms with Crippen LogP contribution in [0.1, 0.15) is 26.2 Å². The minimum Gasteiger partial charge on any atom is -0.379 e. The van der Waals surface area contributed by atoms with E-state index < -0.39 is 10.0 Å². The SMILES string of the molecule is CCCN1CCN(CC(=O)Nc2cc(S(=O)(=O)N3CCOCC3)ccc2N2CCCC2)CC1. The molecule has 0 aliphatic carbocycles. The molecular weight excluding hydrogens is 442 g/mol.